The number of rotatable bonds is 36. The summed E-state index contributed by atoms with van der Waals surface area (Å²) in [5.41, 5.74) is 17.8. The van der Waals surface area contributed by atoms with Gasteiger partial charge in [0.1, 0.15) is 67.2 Å². The summed E-state index contributed by atoms with van der Waals surface area (Å²) in [6.07, 6.45) is -10.6. The lowest BCUT2D eigenvalue weighted by Crippen LogP contribution is -2.33. The molecule has 11 heterocycles. The van der Waals surface area contributed by atoms with Gasteiger partial charge in [-0.15, -0.1) is 0 Å². The molecule has 9 unspecified atom stereocenters. The Hall–Kier alpha value is -4.89. The van der Waals surface area contributed by atoms with Gasteiger partial charge in [0.25, 0.3) is 16.7 Å². The van der Waals surface area contributed by atoms with Crippen LogP contribution in [0.25, 0.3) is 11.2 Å². The Morgan fingerprint density at radius 1 is 0.556 bits per heavy atom. The zero-order valence-corrected chi connectivity index (χ0v) is 65.8. The van der Waals surface area contributed by atoms with Crippen molar-refractivity contribution in [1.29, 1.82) is 0 Å². The van der Waals surface area contributed by atoms with Crippen molar-refractivity contribution in [2.75, 3.05) is 89.8 Å². The molecular formula is C56H79BrN16O27P4S4. The van der Waals surface area contributed by atoms with Gasteiger partial charge in [0.2, 0.25) is 5.95 Å². The third kappa shape index (κ3) is 21.1. The van der Waals surface area contributed by atoms with Crippen LogP contribution in [0.3, 0.4) is 0 Å². The maximum Gasteiger partial charge on any atom is 0.351 e. The number of nitrogen functional groups attached to an aromatic ring is 3. The van der Waals surface area contributed by atoms with Crippen molar-refractivity contribution in [3.05, 3.63) is 126 Å². The smallest absolute Gasteiger partial charge is 0.351 e. The number of nitrogens with zero attached hydrogens (tertiary/aromatic N) is 9. The fraction of sp³-hybridized carbons (Fsp3) is 0.625. The van der Waals surface area contributed by atoms with E-state index in [1.807, 2.05) is 13.8 Å². The van der Waals surface area contributed by atoms with Gasteiger partial charge in [-0.05, 0) is 100 Å². The number of anilines is 3. The molecule has 6 aromatic heterocycles. The number of hydrogen-bond acceptors (Lipinski definition) is 36. The van der Waals surface area contributed by atoms with Crippen LogP contribution in [0.2, 0.25) is 0 Å². The first kappa shape index (κ1) is 84.0. The van der Waals surface area contributed by atoms with E-state index >= 15 is 0 Å². The second kappa shape index (κ2) is 36.1. The molecule has 0 bridgehead atoms. The number of aliphatic hydroxyl groups is 1. The zero-order chi connectivity index (χ0) is 77.7. The van der Waals surface area contributed by atoms with Gasteiger partial charge >= 0.3 is 49.6 Å². The predicted octanol–water partition coefficient (Wildman–Crippen LogP) is -0.256. The van der Waals surface area contributed by atoms with Crippen LogP contribution < -0.4 is 62.4 Å². The molecular weight excluding hydrogens is 1660 g/mol. The van der Waals surface area contributed by atoms with Crippen LogP contribution in [0.15, 0.2) is 81.3 Å². The van der Waals surface area contributed by atoms with E-state index in [0.717, 1.165) is 13.7 Å². The fourth-order valence-electron chi connectivity index (χ4n) is 12.4. The third-order valence-corrected chi connectivity index (χ3v) is 25.3. The standard InChI is InChI=1S/C56H79BrN16O27P4S4/c1-27(2)29-14-42(69-7-4-40(59)63-53(69)78)93-36(29)22-91-104(108,87-13-12-86-11-10-85-9-6-58)100-34-18-44(71-19-28(3)49(75)67-55(71)80)95-39(34)25-90-103(84,107)99-33-17-46(73-26-62-47-48(73)65-52(61)66-51(47)77)96-38(33)24-89-102(83,106)98-32-16-43(70-8-5-41(60)64-54(70)79)94-37(32)23-88-101(82,105)97-31-15-45(92-35(31)21-74)72-20-30(57)50(76)68-56(72)81/h4-5,7-8,19-20,26-27,29,31-39,42-46,74H,6,9-18,21-25,58H2,1-3H3,(H,82,105)(H,83,106)(H,84,107)(H2,59,63,78)(H2,60,64,79)(H,67,75,80)(H,68,76,81)(H3,61,65,66,77)/t29?,31?,32?,33?,34?,35-,36-,37-,38-,39-,42-,43-,44-,45-,46-,101?,102?,103?,104?/m1/s1. The Labute approximate surface area is 639 Å². The molecule has 15 N–H and O–H groups in total. The summed E-state index contributed by atoms with van der Waals surface area (Å²) in [6, 6.07) is 2.78. The number of aromatic amines is 3. The predicted molar refractivity (Wildman–Crippen MR) is 395 cm³/mol. The van der Waals surface area contributed by atoms with Gasteiger partial charge in [0.05, 0.1) is 107 Å². The third-order valence-electron chi connectivity index (χ3n) is 17.6. The average molecular weight is 1740 g/mol. The first-order chi connectivity index (χ1) is 51.2. The quantitative estimate of drug-likeness (QED) is 0.0178. The van der Waals surface area contributed by atoms with Crippen molar-refractivity contribution in [2.24, 2.45) is 17.6 Å². The number of imidazole rings is 1. The molecule has 0 saturated carbocycles. The number of nitrogens with one attached hydrogen (secondary N) is 3. The fourth-order valence-corrected chi connectivity index (χ4v) is 19.3. The van der Waals surface area contributed by atoms with E-state index in [1.165, 1.54) is 59.3 Å². The van der Waals surface area contributed by atoms with Crippen LogP contribution in [-0.2, 0) is 121 Å². The molecule has 0 aromatic carbocycles. The molecule has 43 nitrogen and oxygen atoms in total. The summed E-state index contributed by atoms with van der Waals surface area (Å²) in [5.74, 6) is -0.587. The second-order valence-corrected chi connectivity index (χ2v) is 37.5. The lowest BCUT2D eigenvalue weighted by molar-refractivity contribution is -0.0573. The number of nitrogens with two attached hydrogens (primary N) is 4. The second-order valence-electron chi connectivity index (χ2n) is 25.4. The highest BCUT2D eigenvalue weighted by atomic mass is 79.9. The van der Waals surface area contributed by atoms with Crippen molar-refractivity contribution >= 4 is 119 Å². The molecule has 5 fully saturated rings. The minimum absolute atomic E-state index is 0.00694. The Balaban J connectivity index is 0.816. The number of ether oxygens (including phenoxy) is 7. The lowest BCUT2D eigenvalue weighted by atomic mass is 9.89. The molecule has 5 aliphatic rings. The molecule has 19 atom stereocenters. The van der Waals surface area contributed by atoms with Gasteiger partial charge in [-0.3, -0.25) is 52.2 Å². The van der Waals surface area contributed by atoms with Crippen molar-refractivity contribution in [1.82, 2.24) is 57.7 Å². The molecule has 596 valence electrons. The van der Waals surface area contributed by atoms with Gasteiger partial charge < -0.3 is 117 Å². The highest BCUT2D eigenvalue weighted by molar-refractivity contribution is 9.10. The Kier molecular flexibility index (Phi) is 28.1. The molecule has 0 aliphatic carbocycles. The number of hydrogen-bond donors (Lipinski definition) is 11. The maximum absolute atomic E-state index is 13.5. The number of fused-ring (bicyclic) bond motifs is 1. The molecule has 5 saturated heterocycles. The van der Waals surface area contributed by atoms with Crippen molar-refractivity contribution in [3.63, 3.8) is 0 Å². The molecule has 6 aromatic rings. The normalized spacial score (nSPS) is 28.2. The van der Waals surface area contributed by atoms with Crippen molar-refractivity contribution in [2.45, 2.75) is 139 Å². The summed E-state index contributed by atoms with van der Waals surface area (Å²) in [4.78, 5) is 149. The monoisotopic (exact) mass is 1740 g/mol. The summed E-state index contributed by atoms with van der Waals surface area (Å²) in [5, 5.41) is 10.2. The van der Waals surface area contributed by atoms with Gasteiger partial charge in [-0.2, -0.15) is 15.0 Å². The van der Waals surface area contributed by atoms with Crippen molar-refractivity contribution < 1.29 is 93.7 Å². The van der Waals surface area contributed by atoms with Crippen LogP contribution in [0.1, 0.15) is 82.7 Å². The number of halogens is 1. The van der Waals surface area contributed by atoms with Crippen LogP contribution in [-0.4, -0.2) is 205 Å². The SMILES string of the molecule is Cc1cn([C@H]2CC(OP(=S)(OCCOCCOCCN)OC[C@H]3O[C@@H](n4ccc(N)nc4=O)CC3C(C)C)[C@@H](COP(O)(=S)OC3C[C@H](n4cnc5c(=O)[nH]c(N)nc54)O[C@@H]3COP(O)(=S)OC3C[C@H](n4ccc(N)nc4=O)O[C@@H]3COP(O)(=S)OC3C[C@H](n4cc(Br)c(=O)[nH]c4=O)O[C@@H]3CO)O2)c(=O)[nH]c1=O. The molecule has 0 radical (unpaired) electrons. The van der Waals surface area contributed by atoms with Gasteiger partial charge in [-0.25, -0.2) is 24.2 Å². The first-order valence-electron chi connectivity index (χ1n) is 33.2. The Morgan fingerprint density at radius 2 is 1.00 bits per heavy atom. The largest absolute Gasteiger partial charge is 0.394 e. The molecule has 5 aliphatic heterocycles. The number of aromatic nitrogens is 12. The van der Waals surface area contributed by atoms with E-state index in [-0.39, 0.29) is 109 Å². The van der Waals surface area contributed by atoms with E-state index in [1.54, 1.807) is 0 Å². The lowest BCUT2D eigenvalue weighted by Gasteiger charge is -2.30. The van der Waals surface area contributed by atoms with Crippen molar-refractivity contribution in [3.8, 4) is 0 Å². The molecule has 11 rings (SSSR count). The van der Waals surface area contributed by atoms with E-state index in [9.17, 15) is 53.3 Å². The number of H-pyrrole nitrogens is 3. The molecule has 0 spiro atoms. The minimum Gasteiger partial charge on any atom is -0.394 e. The van der Waals surface area contributed by atoms with E-state index in [0.29, 0.717) is 19.6 Å². The molecule has 52 heteroatoms. The van der Waals surface area contributed by atoms with E-state index in [2.05, 4.69) is 50.8 Å². The molecule has 0 amide bonds. The summed E-state index contributed by atoms with van der Waals surface area (Å²) in [7, 11) is 0. The highest BCUT2D eigenvalue weighted by Crippen LogP contribution is 2.57. The van der Waals surface area contributed by atoms with Gasteiger partial charge in [-0.1, -0.05) is 13.8 Å². The topological polar surface area (TPSA) is 576 Å². The van der Waals surface area contributed by atoms with Crippen LogP contribution in [0.5, 0.6) is 0 Å². The van der Waals surface area contributed by atoms with Crippen LogP contribution in [0, 0.1) is 18.8 Å². The summed E-state index contributed by atoms with van der Waals surface area (Å²) < 4.78 is 104. The van der Waals surface area contributed by atoms with E-state index in [4.69, 9.17) is 144 Å². The summed E-state index contributed by atoms with van der Waals surface area (Å²) in [6.45, 7) is -14.3. The Bertz CT molecular complexity index is 4850. The highest BCUT2D eigenvalue weighted by Gasteiger charge is 2.49. The van der Waals surface area contributed by atoms with Gasteiger partial charge in [0, 0.05) is 62.6 Å². The molecule has 108 heavy (non-hydrogen) atoms. The van der Waals surface area contributed by atoms with Crippen LogP contribution >= 0.6 is 42.8 Å². The average Bonchev–Trinajstić information content (AvgIpc) is 1.62. The van der Waals surface area contributed by atoms with Crippen LogP contribution in [0.4, 0.5) is 17.6 Å². The Morgan fingerprint density at radius 3 is 1.52 bits per heavy atom. The zero-order valence-electron chi connectivity index (χ0n) is 57.4. The summed E-state index contributed by atoms with van der Waals surface area (Å²) >= 11 is 25.9. The number of aryl methyl sites for hydroxylation is 1. The minimum atomic E-state index is -4.61. The number of aliphatic hydroxyl groups excluding tert-OH is 1. The first-order valence-corrected chi connectivity index (χ1v) is 44.3. The van der Waals surface area contributed by atoms with Gasteiger partial charge in [0.15, 0.2) is 11.2 Å². The van der Waals surface area contributed by atoms with E-state index < -0.39 is 179 Å². The maximum atomic E-state index is 13.5.